The maximum atomic E-state index is 6.10. The Kier molecular flexibility index (Phi) is 3.19. The Morgan fingerprint density at radius 3 is 3.00 bits per heavy atom. The van der Waals surface area contributed by atoms with Crippen molar-refractivity contribution in [3.63, 3.8) is 0 Å². The van der Waals surface area contributed by atoms with Crippen LogP contribution in [0.5, 0.6) is 0 Å². The summed E-state index contributed by atoms with van der Waals surface area (Å²) < 4.78 is 0. The fourth-order valence-corrected chi connectivity index (χ4v) is 3.18. The zero-order chi connectivity index (χ0) is 15.1. The molecule has 1 aromatic carbocycles. The minimum atomic E-state index is 0.293. The van der Waals surface area contributed by atoms with Crippen LogP contribution in [-0.4, -0.2) is 22.7 Å². The van der Waals surface area contributed by atoms with Crippen LogP contribution in [0.25, 0.3) is 22.3 Å². The van der Waals surface area contributed by atoms with Gasteiger partial charge in [-0.25, -0.2) is 4.98 Å². The van der Waals surface area contributed by atoms with Gasteiger partial charge in [0.2, 0.25) is 0 Å². The van der Waals surface area contributed by atoms with Crippen molar-refractivity contribution in [2.24, 2.45) is 4.99 Å². The van der Waals surface area contributed by atoms with Crippen molar-refractivity contribution in [1.29, 1.82) is 0 Å². The first-order valence-electron chi connectivity index (χ1n) is 7.39. The monoisotopic (exact) mass is 311 g/mol. The SMILES string of the molecule is Cc1nc(C2C=NCC2)c2[nH]c(-c3cccc(Cl)c3)cc2[nH+]1. The molecule has 0 amide bonds. The number of hydrogen-bond donors (Lipinski definition) is 1. The highest BCUT2D eigenvalue weighted by Crippen LogP contribution is 2.29. The normalized spacial score (nSPS) is 17.5. The van der Waals surface area contributed by atoms with Crippen LogP contribution >= 0.6 is 11.6 Å². The summed E-state index contributed by atoms with van der Waals surface area (Å²) in [6.45, 7) is 2.87. The number of hydrogen-bond acceptors (Lipinski definition) is 2. The zero-order valence-electron chi connectivity index (χ0n) is 12.2. The van der Waals surface area contributed by atoms with E-state index in [0.717, 1.165) is 51.8 Å². The molecule has 2 N–H and O–H groups in total. The molecule has 110 valence electrons. The minimum Gasteiger partial charge on any atom is -0.348 e. The molecular weight excluding hydrogens is 296 g/mol. The van der Waals surface area contributed by atoms with Crippen molar-refractivity contribution < 1.29 is 4.98 Å². The van der Waals surface area contributed by atoms with Gasteiger partial charge < -0.3 is 4.98 Å². The Bertz CT molecular complexity index is 881. The second-order valence-corrected chi connectivity index (χ2v) is 6.08. The number of rotatable bonds is 2. The van der Waals surface area contributed by atoms with Gasteiger partial charge in [0.05, 0.1) is 11.6 Å². The van der Waals surface area contributed by atoms with Gasteiger partial charge in [0.15, 0.2) is 11.2 Å². The molecule has 0 radical (unpaired) electrons. The Labute approximate surface area is 133 Å². The molecule has 0 saturated carbocycles. The number of aromatic amines is 2. The number of nitrogens with zero attached hydrogens (tertiary/aromatic N) is 2. The van der Waals surface area contributed by atoms with Crippen LogP contribution in [0.3, 0.4) is 0 Å². The van der Waals surface area contributed by atoms with E-state index in [2.05, 4.69) is 21.0 Å². The zero-order valence-corrected chi connectivity index (χ0v) is 13.0. The summed E-state index contributed by atoms with van der Waals surface area (Å²) in [6, 6.07) is 9.97. The Hall–Kier alpha value is -2.20. The van der Waals surface area contributed by atoms with Crippen molar-refractivity contribution in [3.8, 4) is 11.3 Å². The van der Waals surface area contributed by atoms with E-state index in [9.17, 15) is 0 Å². The number of aromatic nitrogens is 3. The second-order valence-electron chi connectivity index (χ2n) is 5.64. The molecule has 22 heavy (non-hydrogen) atoms. The number of H-pyrrole nitrogens is 2. The Morgan fingerprint density at radius 1 is 1.32 bits per heavy atom. The molecule has 3 heterocycles. The fourth-order valence-electron chi connectivity index (χ4n) is 2.99. The molecule has 4 rings (SSSR count). The lowest BCUT2D eigenvalue weighted by Gasteiger charge is -2.02. The number of halogens is 1. The molecule has 2 aromatic heterocycles. The van der Waals surface area contributed by atoms with E-state index >= 15 is 0 Å². The van der Waals surface area contributed by atoms with Crippen LogP contribution < -0.4 is 4.98 Å². The molecule has 0 saturated heterocycles. The maximum Gasteiger partial charge on any atom is 0.293 e. The molecule has 0 fully saturated rings. The molecule has 0 spiro atoms. The summed E-state index contributed by atoms with van der Waals surface area (Å²) >= 11 is 6.10. The van der Waals surface area contributed by atoms with E-state index in [1.54, 1.807) is 0 Å². The summed E-state index contributed by atoms with van der Waals surface area (Å²) in [5.74, 6) is 1.21. The molecular formula is C17H16ClN4+. The van der Waals surface area contributed by atoms with Gasteiger partial charge in [0, 0.05) is 30.8 Å². The van der Waals surface area contributed by atoms with Crippen LogP contribution in [0.2, 0.25) is 5.02 Å². The van der Waals surface area contributed by atoms with E-state index in [4.69, 9.17) is 16.6 Å². The van der Waals surface area contributed by atoms with Gasteiger partial charge in [-0.1, -0.05) is 23.7 Å². The Balaban J connectivity index is 1.90. The molecule has 1 unspecified atom stereocenters. The average molecular weight is 312 g/mol. The van der Waals surface area contributed by atoms with Crippen LogP contribution in [0.15, 0.2) is 35.3 Å². The van der Waals surface area contributed by atoms with Crippen molar-refractivity contribution >= 4 is 28.8 Å². The van der Waals surface area contributed by atoms with Gasteiger partial charge in [-0.2, -0.15) is 0 Å². The first kappa shape index (κ1) is 13.5. The lowest BCUT2D eigenvalue weighted by Crippen LogP contribution is -2.14. The predicted molar refractivity (Wildman–Crippen MR) is 88.5 cm³/mol. The first-order valence-corrected chi connectivity index (χ1v) is 7.77. The van der Waals surface area contributed by atoms with Crippen LogP contribution in [-0.2, 0) is 0 Å². The molecule has 1 aliphatic heterocycles. The third-order valence-electron chi connectivity index (χ3n) is 4.02. The fraction of sp³-hybridized carbons (Fsp3) is 0.235. The average Bonchev–Trinajstić information content (AvgIpc) is 3.15. The van der Waals surface area contributed by atoms with Crippen molar-refractivity contribution in [3.05, 3.63) is 46.9 Å². The smallest absolute Gasteiger partial charge is 0.293 e. The second kappa shape index (κ2) is 5.21. The van der Waals surface area contributed by atoms with E-state index in [0.29, 0.717) is 5.92 Å². The van der Waals surface area contributed by atoms with Crippen molar-refractivity contribution in [1.82, 2.24) is 9.97 Å². The number of nitrogens with one attached hydrogen (secondary N) is 2. The largest absolute Gasteiger partial charge is 0.348 e. The summed E-state index contributed by atoms with van der Waals surface area (Å²) in [6.07, 6.45) is 3.04. The highest BCUT2D eigenvalue weighted by molar-refractivity contribution is 6.30. The van der Waals surface area contributed by atoms with Gasteiger partial charge in [-0.05, 0) is 29.1 Å². The molecule has 0 bridgehead atoms. The number of benzene rings is 1. The van der Waals surface area contributed by atoms with E-state index in [1.165, 1.54) is 0 Å². The quantitative estimate of drug-likeness (QED) is 0.773. The number of aliphatic imine (C=N–C) groups is 1. The van der Waals surface area contributed by atoms with Gasteiger partial charge in [-0.15, -0.1) is 0 Å². The van der Waals surface area contributed by atoms with Crippen LogP contribution in [0.1, 0.15) is 23.9 Å². The maximum absolute atomic E-state index is 6.10. The third-order valence-corrected chi connectivity index (χ3v) is 4.25. The molecule has 1 atom stereocenters. The van der Waals surface area contributed by atoms with E-state index in [-0.39, 0.29) is 0 Å². The summed E-state index contributed by atoms with van der Waals surface area (Å²) in [5.41, 5.74) is 5.30. The first-order chi connectivity index (χ1) is 10.7. The Morgan fingerprint density at radius 2 is 2.23 bits per heavy atom. The van der Waals surface area contributed by atoms with Gasteiger partial charge in [0.1, 0.15) is 5.52 Å². The van der Waals surface area contributed by atoms with Crippen LogP contribution in [0.4, 0.5) is 0 Å². The molecule has 0 aliphatic carbocycles. The lowest BCUT2D eigenvalue weighted by atomic mass is 10.0. The van der Waals surface area contributed by atoms with Crippen molar-refractivity contribution in [2.45, 2.75) is 19.3 Å². The lowest BCUT2D eigenvalue weighted by molar-refractivity contribution is -0.360. The molecule has 1 aliphatic rings. The van der Waals surface area contributed by atoms with Gasteiger partial charge in [0.25, 0.3) is 5.82 Å². The molecule has 4 nitrogen and oxygen atoms in total. The highest BCUT2D eigenvalue weighted by atomic mass is 35.5. The third kappa shape index (κ3) is 2.29. The van der Waals surface area contributed by atoms with Gasteiger partial charge >= 0.3 is 0 Å². The molecule has 5 heteroatoms. The predicted octanol–water partition coefficient (Wildman–Crippen LogP) is 3.56. The minimum absolute atomic E-state index is 0.293. The van der Waals surface area contributed by atoms with Crippen molar-refractivity contribution in [2.75, 3.05) is 6.54 Å². The van der Waals surface area contributed by atoms with E-state index in [1.807, 2.05) is 37.4 Å². The highest BCUT2D eigenvalue weighted by Gasteiger charge is 2.25. The van der Waals surface area contributed by atoms with Gasteiger partial charge in [-0.3, -0.25) is 4.99 Å². The number of aryl methyl sites for hydroxylation is 1. The molecule has 3 aromatic rings. The summed E-state index contributed by atoms with van der Waals surface area (Å²) in [4.78, 5) is 15.9. The topological polar surface area (TPSA) is 55.2 Å². The summed E-state index contributed by atoms with van der Waals surface area (Å²) in [5, 5.41) is 0.734. The standard InChI is InChI=1S/C17H15ClN4/c1-10-20-15-8-14(11-3-2-4-13(18)7-11)22-17(15)16(21-10)12-5-6-19-9-12/h2-4,7-9,12,22H,5-6H2,1H3/p+1. The number of fused-ring (bicyclic) bond motifs is 1. The van der Waals surface area contributed by atoms with Crippen LogP contribution in [0, 0.1) is 6.92 Å². The van der Waals surface area contributed by atoms with E-state index < -0.39 is 0 Å². The summed E-state index contributed by atoms with van der Waals surface area (Å²) in [7, 11) is 0.